The predicted octanol–water partition coefficient (Wildman–Crippen LogP) is 3.78. The van der Waals surface area contributed by atoms with Gasteiger partial charge in [-0.1, -0.05) is 30.3 Å². The van der Waals surface area contributed by atoms with E-state index in [9.17, 15) is 13.6 Å². The van der Waals surface area contributed by atoms with E-state index < -0.39 is 17.7 Å². The van der Waals surface area contributed by atoms with Crippen LogP contribution in [0.4, 0.5) is 14.5 Å². The summed E-state index contributed by atoms with van der Waals surface area (Å²) in [6.45, 7) is 0. The van der Waals surface area contributed by atoms with Gasteiger partial charge in [0, 0.05) is 11.1 Å². The molecule has 0 aliphatic heterocycles. The molecule has 3 rings (SSSR count). The van der Waals surface area contributed by atoms with Crippen LogP contribution in [0, 0.1) is 11.8 Å². The number of aromatic nitrogens is 1. The van der Waals surface area contributed by atoms with E-state index in [1.165, 1.54) is 36.5 Å². The number of carbonyl (C=O) groups excluding carboxylic acids is 1. The van der Waals surface area contributed by atoms with Crippen molar-refractivity contribution in [3.8, 4) is 11.1 Å². The lowest BCUT2D eigenvalue weighted by atomic mass is 10.0. The average Bonchev–Trinajstić information content (AvgIpc) is 2.62. The van der Waals surface area contributed by atoms with Crippen molar-refractivity contribution >= 4 is 11.6 Å². The lowest BCUT2D eigenvalue weighted by Crippen LogP contribution is -2.29. The minimum absolute atomic E-state index is 0.290. The highest BCUT2D eigenvalue weighted by atomic mass is 19.1. The van der Waals surface area contributed by atoms with Crippen molar-refractivity contribution in [2.75, 3.05) is 5.43 Å². The van der Waals surface area contributed by atoms with Gasteiger partial charge in [0.15, 0.2) is 0 Å². The SMILES string of the molecule is O=C(NNc1ccc(F)nc1)c1ccc(F)c(-c2ccccc2)c1. The first-order chi connectivity index (χ1) is 11.6. The molecule has 0 aliphatic rings. The zero-order valence-corrected chi connectivity index (χ0v) is 12.5. The molecular formula is C18H13F2N3O. The molecule has 0 radical (unpaired) electrons. The Bertz CT molecular complexity index is 852. The number of anilines is 1. The summed E-state index contributed by atoms with van der Waals surface area (Å²) in [6, 6.07) is 15.7. The van der Waals surface area contributed by atoms with Crippen molar-refractivity contribution in [1.82, 2.24) is 10.4 Å². The molecule has 1 amide bonds. The van der Waals surface area contributed by atoms with E-state index >= 15 is 0 Å². The number of rotatable bonds is 4. The van der Waals surface area contributed by atoms with E-state index in [1.807, 2.05) is 6.07 Å². The Morgan fingerprint density at radius 2 is 1.75 bits per heavy atom. The summed E-state index contributed by atoms with van der Waals surface area (Å²) in [7, 11) is 0. The third kappa shape index (κ3) is 3.55. The number of halogens is 2. The Hall–Kier alpha value is -3.28. The second-order valence-corrected chi connectivity index (χ2v) is 5.01. The smallest absolute Gasteiger partial charge is 0.269 e. The lowest BCUT2D eigenvalue weighted by molar-refractivity contribution is 0.0962. The molecule has 4 nitrogen and oxygen atoms in total. The third-order valence-electron chi connectivity index (χ3n) is 3.36. The van der Waals surface area contributed by atoms with Gasteiger partial charge in [-0.3, -0.25) is 15.6 Å². The molecule has 24 heavy (non-hydrogen) atoms. The van der Waals surface area contributed by atoms with E-state index in [0.29, 0.717) is 16.8 Å². The van der Waals surface area contributed by atoms with E-state index in [4.69, 9.17) is 0 Å². The zero-order chi connectivity index (χ0) is 16.9. The maximum Gasteiger partial charge on any atom is 0.269 e. The van der Waals surface area contributed by atoms with Crippen molar-refractivity contribution in [2.45, 2.75) is 0 Å². The molecule has 0 atom stereocenters. The van der Waals surface area contributed by atoms with Crippen LogP contribution in [0.2, 0.25) is 0 Å². The Morgan fingerprint density at radius 3 is 2.46 bits per heavy atom. The fraction of sp³-hybridized carbons (Fsp3) is 0. The average molecular weight is 325 g/mol. The van der Waals surface area contributed by atoms with Crippen LogP contribution in [-0.4, -0.2) is 10.9 Å². The van der Waals surface area contributed by atoms with Gasteiger partial charge in [-0.25, -0.2) is 9.37 Å². The van der Waals surface area contributed by atoms with E-state index in [1.54, 1.807) is 24.3 Å². The van der Waals surface area contributed by atoms with Crippen LogP contribution < -0.4 is 10.9 Å². The first kappa shape index (κ1) is 15.6. The maximum atomic E-state index is 14.0. The third-order valence-corrected chi connectivity index (χ3v) is 3.36. The van der Waals surface area contributed by atoms with Gasteiger partial charge in [0.1, 0.15) is 5.82 Å². The number of benzene rings is 2. The molecule has 2 N–H and O–H groups in total. The van der Waals surface area contributed by atoms with Gasteiger partial charge in [-0.15, -0.1) is 0 Å². The number of hydrogen-bond acceptors (Lipinski definition) is 3. The highest BCUT2D eigenvalue weighted by Crippen LogP contribution is 2.23. The number of hydrazine groups is 1. The standard InChI is InChI=1S/C18H13F2N3O/c19-16-8-6-13(10-15(16)12-4-2-1-3-5-12)18(24)23-22-14-7-9-17(20)21-11-14/h1-11,22H,(H,23,24). The Kier molecular flexibility index (Phi) is 4.47. The van der Waals surface area contributed by atoms with Crippen LogP contribution in [0.1, 0.15) is 10.4 Å². The molecule has 0 unspecified atom stereocenters. The summed E-state index contributed by atoms with van der Waals surface area (Å²) < 4.78 is 26.7. The molecule has 0 spiro atoms. The van der Waals surface area contributed by atoms with Crippen molar-refractivity contribution in [3.05, 3.63) is 84.2 Å². The minimum atomic E-state index is -0.613. The molecule has 0 fully saturated rings. The number of nitrogens with one attached hydrogen (secondary N) is 2. The van der Waals surface area contributed by atoms with Crippen molar-refractivity contribution in [2.24, 2.45) is 0 Å². The summed E-state index contributed by atoms with van der Waals surface area (Å²) in [4.78, 5) is 15.7. The van der Waals surface area contributed by atoms with Gasteiger partial charge in [-0.2, -0.15) is 4.39 Å². The molecule has 0 bridgehead atoms. The van der Waals surface area contributed by atoms with Crippen LogP contribution in [0.5, 0.6) is 0 Å². The maximum absolute atomic E-state index is 14.0. The second kappa shape index (κ2) is 6.87. The molecular weight excluding hydrogens is 312 g/mol. The molecule has 3 aromatic rings. The minimum Gasteiger partial charge on any atom is -0.297 e. The summed E-state index contributed by atoms with van der Waals surface area (Å²) in [5.74, 6) is -1.47. The van der Waals surface area contributed by atoms with Crippen LogP contribution in [0.25, 0.3) is 11.1 Å². The molecule has 6 heteroatoms. The molecule has 0 aliphatic carbocycles. The van der Waals surface area contributed by atoms with E-state index in [0.717, 1.165) is 0 Å². The largest absolute Gasteiger partial charge is 0.297 e. The predicted molar refractivity (Wildman–Crippen MR) is 87.1 cm³/mol. The fourth-order valence-corrected chi connectivity index (χ4v) is 2.16. The summed E-state index contributed by atoms with van der Waals surface area (Å²) in [6.07, 6.45) is 1.25. The Labute approximate surface area is 137 Å². The van der Waals surface area contributed by atoms with E-state index in [-0.39, 0.29) is 5.56 Å². The van der Waals surface area contributed by atoms with Gasteiger partial charge in [0.25, 0.3) is 5.91 Å². The normalized spacial score (nSPS) is 10.2. The van der Waals surface area contributed by atoms with Crippen molar-refractivity contribution in [1.29, 1.82) is 0 Å². The first-order valence-corrected chi connectivity index (χ1v) is 7.16. The number of hydrogen-bond donors (Lipinski definition) is 2. The van der Waals surface area contributed by atoms with Gasteiger partial charge >= 0.3 is 0 Å². The summed E-state index contributed by atoms with van der Waals surface area (Å²) in [5, 5.41) is 0. The number of amides is 1. The van der Waals surface area contributed by atoms with Crippen molar-refractivity contribution < 1.29 is 13.6 Å². The van der Waals surface area contributed by atoms with Crippen LogP contribution in [0.15, 0.2) is 66.9 Å². The van der Waals surface area contributed by atoms with Gasteiger partial charge in [-0.05, 0) is 35.9 Å². The molecule has 1 heterocycles. The van der Waals surface area contributed by atoms with Gasteiger partial charge in [0.05, 0.1) is 11.9 Å². The van der Waals surface area contributed by atoms with Gasteiger partial charge < -0.3 is 0 Å². The highest BCUT2D eigenvalue weighted by molar-refractivity contribution is 5.96. The summed E-state index contributed by atoms with van der Waals surface area (Å²) >= 11 is 0. The van der Waals surface area contributed by atoms with Crippen LogP contribution in [-0.2, 0) is 0 Å². The Morgan fingerprint density at radius 1 is 0.958 bits per heavy atom. The number of nitrogens with zero attached hydrogens (tertiary/aromatic N) is 1. The fourth-order valence-electron chi connectivity index (χ4n) is 2.16. The number of carbonyl (C=O) groups is 1. The van der Waals surface area contributed by atoms with Crippen LogP contribution in [0.3, 0.4) is 0 Å². The quantitative estimate of drug-likeness (QED) is 0.567. The lowest BCUT2D eigenvalue weighted by Gasteiger charge is -2.10. The second-order valence-electron chi connectivity index (χ2n) is 5.01. The van der Waals surface area contributed by atoms with Crippen LogP contribution >= 0.6 is 0 Å². The van der Waals surface area contributed by atoms with E-state index in [2.05, 4.69) is 15.8 Å². The Balaban J connectivity index is 1.77. The molecule has 2 aromatic carbocycles. The highest BCUT2D eigenvalue weighted by Gasteiger charge is 2.11. The summed E-state index contributed by atoms with van der Waals surface area (Å²) in [5.41, 5.74) is 6.82. The number of pyridine rings is 1. The molecule has 0 saturated carbocycles. The zero-order valence-electron chi connectivity index (χ0n) is 12.5. The van der Waals surface area contributed by atoms with Gasteiger partial charge in [0.2, 0.25) is 5.95 Å². The molecule has 1 aromatic heterocycles. The first-order valence-electron chi connectivity index (χ1n) is 7.16. The molecule has 120 valence electrons. The topological polar surface area (TPSA) is 54.0 Å². The molecule has 0 saturated heterocycles. The van der Waals surface area contributed by atoms with Crippen molar-refractivity contribution in [3.63, 3.8) is 0 Å². The monoisotopic (exact) mass is 325 g/mol.